The molecule has 0 saturated heterocycles. The molecule has 4 aromatic carbocycles. The number of thioether (sulfide) groups is 1. The molecule has 0 spiro atoms. The molecule has 0 N–H and O–H groups in total. The van der Waals surface area contributed by atoms with E-state index in [4.69, 9.17) is 14.5 Å². The minimum atomic E-state index is -0.471. The third-order valence-corrected chi connectivity index (χ3v) is 9.73. The summed E-state index contributed by atoms with van der Waals surface area (Å²) in [4.78, 5) is 32.1. The van der Waals surface area contributed by atoms with Crippen LogP contribution in [0.1, 0.15) is 11.5 Å². The Morgan fingerprint density at radius 2 is 1.57 bits per heavy atom. The number of carbonyl (C=O) groups excluding carboxylic acids is 1. The highest BCUT2D eigenvalue weighted by Gasteiger charge is 2.26. The van der Waals surface area contributed by atoms with Gasteiger partial charge in [-0.1, -0.05) is 76.2 Å². The molecule has 0 aliphatic carbocycles. The Kier molecular flexibility index (Phi) is 8.93. The number of nitrogens with zero attached hydrogens (tertiary/aromatic N) is 7. The van der Waals surface area contributed by atoms with Crippen molar-refractivity contribution in [1.82, 2.24) is 33.7 Å². The lowest BCUT2D eigenvalue weighted by Crippen LogP contribution is -2.22. The van der Waals surface area contributed by atoms with Crippen LogP contribution in [-0.2, 0) is 23.2 Å². The highest BCUT2D eigenvalue weighted by atomic mass is 79.9. The van der Waals surface area contributed by atoms with E-state index in [2.05, 4.69) is 26.1 Å². The molecule has 0 fully saturated rings. The van der Waals surface area contributed by atoms with E-state index in [1.54, 1.807) is 21.0 Å². The van der Waals surface area contributed by atoms with Gasteiger partial charge in [-0.2, -0.15) is 0 Å². The van der Waals surface area contributed by atoms with Gasteiger partial charge in [0.25, 0.3) is 5.56 Å². The molecule has 49 heavy (non-hydrogen) atoms. The predicted molar refractivity (Wildman–Crippen MR) is 192 cm³/mol. The molecule has 0 aliphatic heterocycles. The van der Waals surface area contributed by atoms with Crippen LogP contribution in [0.4, 0.5) is 0 Å². The molecule has 11 nitrogen and oxygen atoms in total. The van der Waals surface area contributed by atoms with Gasteiger partial charge in [0.05, 0.1) is 35.3 Å². The maximum Gasteiger partial charge on any atom is 0.316 e. The molecule has 0 atom stereocenters. The molecule has 0 saturated carbocycles. The van der Waals surface area contributed by atoms with Gasteiger partial charge >= 0.3 is 5.97 Å². The second kappa shape index (κ2) is 13.6. The number of hydrogen-bond acceptors (Lipinski definition) is 8. The highest BCUT2D eigenvalue weighted by Crippen LogP contribution is 2.33. The largest absolute Gasteiger partial charge is 0.497 e. The number of aromatic nitrogens is 7. The maximum absolute atomic E-state index is 14.1. The Balaban J connectivity index is 1.19. The summed E-state index contributed by atoms with van der Waals surface area (Å²) in [5, 5.41) is 9.33. The zero-order valence-electron chi connectivity index (χ0n) is 26.8. The van der Waals surface area contributed by atoms with E-state index >= 15 is 0 Å². The molecule has 7 aromatic rings. The van der Waals surface area contributed by atoms with E-state index in [1.807, 2.05) is 122 Å². The van der Waals surface area contributed by atoms with Crippen molar-refractivity contribution >= 4 is 44.7 Å². The number of ether oxygens (including phenoxy) is 2. The van der Waals surface area contributed by atoms with Gasteiger partial charge in [0.15, 0.2) is 16.8 Å². The number of carbonyl (C=O) groups is 1. The van der Waals surface area contributed by atoms with Crippen LogP contribution in [0.15, 0.2) is 118 Å². The summed E-state index contributed by atoms with van der Waals surface area (Å²) < 4.78 is 19.0. The average molecular weight is 737 g/mol. The van der Waals surface area contributed by atoms with Crippen LogP contribution >= 0.6 is 27.7 Å². The minimum absolute atomic E-state index is 0.0470. The normalized spacial score (nSPS) is 11.3. The van der Waals surface area contributed by atoms with Crippen LogP contribution in [-0.4, -0.2) is 52.5 Å². The molecule has 0 unspecified atom stereocenters. The van der Waals surface area contributed by atoms with E-state index in [0.29, 0.717) is 28.2 Å². The summed E-state index contributed by atoms with van der Waals surface area (Å²) in [7, 11) is 3.45. The average Bonchev–Trinajstić information content (AvgIpc) is 3.77. The standard InChI is InChI=1S/C36H30BrN7O4S/c1-23-33(35(46)44(41(23)2)25-11-5-4-6-12-25)43-34(27-13-7-8-14-28(27)37)39-40-36(43)49-22-32(45)48-21-31-38-29-15-9-10-16-30(29)42(31)24-17-19-26(47-3)20-18-24/h4-20H,21-22H2,1-3H3. The summed E-state index contributed by atoms with van der Waals surface area (Å²) in [6.07, 6.45) is 0. The SMILES string of the molecule is COc1ccc(-n2c(COC(=O)CSc3nnc(-c4ccccc4Br)n3-c3c(C)n(C)n(-c4ccccc4)c3=O)nc3ccccc32)cc1. The van der Waals surface area contributed by atoms with Crippen LogP contribution in [0.5, 0.6) is 5.75 Å². The minimum Gasteiger partial charge on any atom is -0.497 e. The quantitative estimate of drug-likeness (QED) is 0.113. The van der Waals surface area contributed by atoms with Crippen LogP contribution in [0, 0.1) is 6.92 Å². The fraction of sp³-hybridized carbons (Fsp3) is 0.139. The number of hydrogen-bond donors (Lipinski definition) is 0. The fourth-order valence-corrected chi connectivity index (χ4v) is 6.89. The van der Waals surface area contributed by atoms with Gasteiger partial charge < -0.3 is 9.47 Å². The summed E-state index contributed by atoms with van der Waals surface area (Å²) in [5.74, 6) is 1.23. The van der Waals surface area contributed by atoms with Crippen LogP contribution in [0.25, 0.3) is 39.5 Å². The van der Waals surface area contributed by atoms with E-state index in [-0.39, 0.29) is 17.9 Å². The molecule has 0 radical (unpaired) electrons. The predicted octanol–water partition coefficient (Wildman–Crippen LogP) is 6.68. The second-order valence-electron chi connectivity index (χ2n) is 11.0. The molecule has 0 bridgehead atoms. The van der Waals surface area contributed by atoms with Crippen molar-refractivity contribution in [3.63, 3.8) is 0 Å². The van der Waals surface area contributed by atoms with Gasteiger partial charge in [0.2, 0.25) is 0 Å². The number of imidazole rings is 1. The number of rotatable bonds is 10. The Labute approximate surface area is 293 Å². The van der Waals surface area contributed by atoms with Crippen molar-refractivity contribution in [3.8, 4) is 34.2 Å². The topological polar surface area (TPSA) is 111 Å². The fourth-order valence-electron chi connectivity index (χ4n) is 5.70. The number of para-hydroxylation sites is 3. The first-order chi connectivity index (χ1) is 23.9. The molecular weight excluding hydrogens is 706 g/mol. The van der Waals surface area contributed by atoms with Crippen molar-refractivity contribution in [1.29, 1.82) is 0 Å². The summed E-state index contributed by atoms with van der Waals surface area (Å²) in [6, 6.07) is 32.4. The Bertz CT molecular complexity index is 2360. The smallest absolute Gasteiger partial charge is 0.316 e. The first-order valence-electron chi connectivity index (χ1n) is 15.3. The van der Waals surface area contributed by atoms with Crippen LogP contribution < -0.4 is 10.3 Å². The summed E-state index contributed by atoms with van der Waals surface area (Å²) in [6.45, 7) is 1.83. The lowest BCUT2D eigenvalue weighted by atomic mass is 10.2. The summed E-state index contributed by atoms with van der Waals surface area (Å²) >= 11 is 4.77. The first kappa shape index (κ1) is 32.2. The third kappa shape index (κ3) is 6.07. The van der Waals surface area contributed by atoms with Gasteiger partial charge in [0.1, 0.15) is 18.0 Å². The third-order valence-electron chi connectivity index (χ3n) is 8.14. The number of benzene rings is 4. The molecule has 3 aromatic heterocycles. The maximum atomic E-state index is 14.1. The van der Waals surface area contributed by atoms with Crippen LogP contribution in [0.3, 0.4) is 0 Å². The number of esters is 1. The zero-order chi connectivity index (χ0) is 34.1. The van der Waals surface area contributed by atoms with Crippen molar-refractivity contribution in [2.45, 2.75) is 18.7 Å². The van der Waals surface area contributed by atoms with Gasteiger partial charge in [-0.15, -0.1) is 10.2 Å². The number of methoxy groups -OCH3 is 1. The van der Waals surface area contributed by atoms with Gasteiger partial charge in [0, 0.05) is 22.8 Å². The first-order valence-corrected chi connectivity index (χ1v) is 17.1. The Morgan fingerprint density at radius 1 is 0.857 bits per heavy atom. The number of fused-ring (bicyclic) bond motifs is 1. The summed E-state index contributed by atoms with van der Waals surface area (Å²) in [5.41, 5.74) is 4.83. The molecular formula is C36H30BrN7O4S. The van der Waals surface area contributed by atoms with E-state index in [1.165, 1.54) is 0 Å². The number of halogens is 1. The van der Waals surface area contributed by atoms with Crippen molar-refractivity contribution in [3.05, 3.63) is 129 Å². The molecule has 0 aliphatic rings. The van der Waals surface area contributed by atoms with E-state index in [0.717, 1.165) is 50.0 Å². The molecule has 3 heterocycles. The van der Waals surface area contributed by atoms with Gasteiger partial charge in [-0.05, 0) is 61.5 Å². The molecule has 7 rings (SSSR count). The Hall–Kier alpha value is -5.40. The molecule has 246 valence electrons. The van der Waals surface area contributed by atoms with Crippen molar-refractivity contribution in [2.75, 3.05) is 12.9 Å². The zero-order valence-corrected chi connectivity index (χ0v) is 29.2. The monoisotopic (exact) mass is 735 g/mol. The molecule has 13 heteroatoms. The van der Waals surface area contributed by atoms with Gasteiger partial charge in [-0.25, -0.2) is 9.67 Å². The van der Waals surface area contributed by atoms with Crippen LogP contribution in [0.2, 0.25) is 0 Å². The lowest BCUT2D eigenvalue weighted by molar-refractivity contribution is -0.141. The van der Waals surface area contributed by atoms with Gasteiger partial charge in [-0.3, -0.25) is 23.4 Å². The molecule has 0 amide bonds. The lowest BCUT2D eigenvalue weighted by Gasteiger charge is -2.11. The van der Waals surface area contributed by atoms with E-state index < -0.39 is 5.97 Å². The second-order valence-corrected chi connectivity index (χ2v) is 12.8. The van der Waals surface area contributed by atoms with Crippen molar-refractivity contribution in [2.24, 2.45) is 7.05 Å². The van der Waals surface area contributed by atoms with E-state index in [9.17, 15) is 9.59 Å². The van der Waals surface area contributed by atoms with Crippen molar-refractivity contribution < 1.29 is 14.3 Å². The Morgan fingerprint density at radius 3 is 2.33 bits per heavy atom. The highest BCUT2D eigenvalue weighted by molar-refractivity contribution is 9.10.